The predicted molar refractivity (Wildman–Crippen MR) is 61.5 cm³/mol. The number of nitrogens with zero attached hydrogens (tertiary/aromatic N) is 1. The fourth-order valence-electron chi connectivity index (χ4n) is 2.73. The summed E-state index contributed by atoms with van der Waals surface area (Å²) in [5.74, 6) is 2.09. The van der Waals surface area contributed by atoms with Crippen molar-refractivity contribution in [2.75, 3.05) is 14.1 Å². The molecule has 0 saturated heterocycles. The fraction of sp³-hybridized carbons (Fsp3) is 0.769. The van der Waals surface area contributed by atoms with Crippen LogP contribution in [0, 0.1) is 11.8 Å². The van der Waals surface area contributed by atoms with E-state index in [1.54, 1.807) is 0 Å². The van der Waals surface area contributed by atoms with Crippen LogP contribution < -0.4 is 0 Å². The van der Waals surface area contributed by atoms with Gasteiger partial charge in [0, 0.05) is 32.3 Å². The number of hydrogen-bond donors (Lipinski definition) is 0. The first-order valence-corrected chi connectivity index (χ1v) is 6.07. The van der Waals surface area contributed by atoms with Crippen LogP contribution in [0.2, 0.25) is 0 Å². The zero-order valence-corrected chi connectivity index (χ0v) is 9.83. The van der Waals surface area contributed by atoms with E-state index in [1.165, 1.54) is 19.3 Å². The highest BCUT2D eigenvalue weighted by Gasteiger charge is 2.32. The average molecular weight is 207 g/mol. The van der Waals surface area contributed by atoms with Gasteiger partial charge in [0.2, 0.25) is 0 Å². The summed E-state index contributed by atoms with van der Waals surface area (Å²) in [4.78, 5) is 13.7. The van der Waals surface area contributed by atoms with Crippen molar-refractivity contribution in [1.82, 2.24) is 4.90 Å². The van der Waals surface area contributed by atoms with Crippen molar-refractivity contribution in [3.63, 3.8) is 0 Å². The maximum atomic E-state index is 11.7. The summed E-state index contributed by atoms with van der Waals surface area (Å²) in [6, 6.07) is 0. The van der Waals surface area contributed by atoms with E-state index < -0.39 is 0 Å². The van der Waals surface area contributed by atoms with Gasteiger partial charge < -0.3 is 4.90 Å². The summed E-state index contributed by atoms with van der Waals surface area (Å²) in [5.41, 5.74) is 1.06. The predicted octanol–water partition coefficient (Wildman–Crippen LogP) is 2.60. The van der Waals surface area contributed by atoms with Gasteiger partial charge in [-0.25, -0.2) is 0 Å². The molecule has 2 fully saturated rings. The highest BCUT2D eigenvalue weighted by Crippen LogP contribution is 2.41. The van der Waals surface area contributed by atoms with Gasteiger partial charge in [0.05, 0.1) is 0 Å². The number of hydrogen-bond acceptors (Lipinski definition) is 2. The van der Waals surface area contributed by atoms with Crippen molar-refractivity contribution in [1.29, 1.82) is 0 Å². The van der Waals surface area contributed by atoms with Gasteiger partial charge in [-0.15, -0.1) is 0 Å². The van der Waals surface area contributed by atoms with Crippen molar-refractivity contribution in [3.05, 3.63) is 11.8 Å². The number of rotatable bonds is 2. The lowest BCUT2D eigenvalue weighted by Crippen LogP contribution is -2.28. The molecule has 2 rings (SSSR count). The van der Waals surface area contributed by atoms with Gasteiger partial charge in [-0.2, -0.15) is 0 Å². The molecule has 2 aliphatic carbocycles. The number of carbonyl (C=O) groups is 1. The molecule has 0 radical (unpaired) electrons. The lowest BCUT2D eigenvalue weighted by atomic mass is 9.69. The Labute approximate surface area is 92.3 Å². The summed E-state index contributed by atoms with van der Waals surface area (Å²) < 4.78 is 0. The number of ketones is 1. The summed E-state index contributed by atoms with van der Waals surface area (Å²) >= 11 is 0. The quantitative estimate of drug-likeness (QED) is 0.649. The Balaban J connectivity index is 2.00. The normalized spacial score (nSPS) is 30.4. The van der Waals surface area contributed by atoms with Crippen molar-refractivity contribution < 1.29 is 4.79 Å². The van der Waals surface area contributed by atoms with Crippen molar-refractivity contribution >= 4 is 5.78 Å². The van der Waals surface area contributed by atoms with E-state index in [9.17, 15) is 4.79 Å². The van der Waals surface area contributed by atoms with Crippen LogP contribution in [0.1, 0.15) is 38.5 Å². The van der Waals surface area contributed by atoms with E-state index >= 15 is 0 Å². The molecule has 1 atom stereocenters. The topological polar surface area (TPSA) is 20.3 Å². The van der Waals surface area contributed by atoms with E-state index in [0.717, 1.165) is 36.7 Å². The highest BCUT2D eigenvalue weighted by atomic mass is 16.1. The molecule has 15 heavy (non-hydrogen) atoms. The second kappa shape index (κ2) is 4.38. The Morgan fingerprint density at radius 1 is 1.20 bits per heavy atom. The molecule has 0 aromatic carbocycles. The minimum Gasteiger partial charge on any atom is -0.383 e. The van der Waals surface area contributed by atoms with Gasteiger partial charge in [0.25, 0.3) is 0 Å². The Bertz CT molecular complexity index is 276. The second-order valence-electron chi connectivity index (χ2n) is 5.23. The van der Waals surface area contributed by atoms with Crippen molar-refractivity contribution in [3.8, 4) is 0 Å². The molecule has 0 N–H and O–H groups in total. The maximum Gasteiger partial charge on any atom is 0.160 e. The summed E-state index contributed by atoms with van der Waals surface area (Å²) in [5, 5.41) is 0. The Hall–Kier alpha value is -0.790. The lowest BCUT2D eigenvalue weighted by molar-refractivity contribution is -0.117. The molecule has 84 valence electrons. The molecule has 0 aliphatic heterocycles. The largest absolute Gasteiger partial charge is 0.383 e. The SMILES string of the molecule is CN(C)/C=C1\CC(C2CCC2)CCC1=O. The number of Topliss-reactive ketones (excluding diaryl/α,β-unsaturated/α-hetero) is 1. The Kier molecular flexibility index (Phi) is 3.13. The Morgan fingerprint density at radius 2 is 1.93 bits per heavy atom. The summed E-state index contributed by atoms with van der Waals surface area (Å²) in [6.45, 7) is 0. The summed E-state index contributed by atoms with van der Waals surface area (Å²) in [6.07, 6.45) is 9.16. The van der Waals surface area contributed by atoms with Crippen LogP contribution in [0.4, 0.5) is 0 Å². The highest BCUT2D eigenvalue weighted by molar-refractivity contribution is 5.95. The maximum absolute atomic E-state index is 11.7. The van der Waals surface area contributed by atoms with Crippen LogP contribution >= 0.6 is 0 Å². The smallest absolute Gasteiger partial charge is 0.160 e. The van der Waals surface area contributed by atoms with Gasteiger partial charge in [-0.1, -0.05) is 19.3 Å². The van der Waals surface area contributed by atoms with Gasteiger partial charge in [0.1, 0.15) is 0 Å². The molecule has 0 aromatic rings. The zero-order chi connectivity index (χ0) is 10.8. The fourth-order valence-corrected chi connectivity index (χ4v) is 2.73. The van der Waals surface area contributed by atoms with Crippen LogP contribution in [0.5, 0.6) is 0 Å². The minimum atomic E-state index is 0.374. The molecule has 1 unspecified atom stereocenters. The second-order valence-corrected chi connectivity index (χ2v) is 5.23. The van der Waals surface area contributed by atoms with Gasteiger partial charge in [0.15, 0.2) is 5.78 Å². The molecule has 2 nitrogen and oxygen atoms in total. The molecule has 2 heteroatoms. The molecule has 0 aromatic heterocycles. The number of allylic oxidation sites excluding steroid dienone is 1. The van der Waals surface area contributed by atoms with Gasteiger partial charge in [-0.3, -0.25) is 4.79 Å². The van der Waals surface area contributed by atoms with Crippen LogP contribution in [0.15, 0.2) is 11.8 Å². The average Bonchev–Trinajstić information content (AvgIpc) is 2.07. The third kappa shape index (κ3) is 2.42. The Morgan fingerprint density at radius 3 is 2.47 bits per heavy atom. The first-order chi connectivity index (χ1) is 7.16. The lowest BCUT2D eigenvalue weighted by Gasteiger charge is -2.36. The van der Waals surface area contributed by atoms with E-state index in [4.69, 9.17) is 0 Å². The van der Waals surface area contributed by atoms with Crippen LogP contribution in [-0.2, 0) is 4.79 Å². The third-order valence-corrected chi connectivity index (χ3v) is 3.81. The molecule has 2 saturated carbocycles. The first kappa shape index (κ1) is 10.7. The number of carbonyl (C=O) groups excluding carboxylic acids is 1. The van der Waals surface area contributed by atoms with E-state index in [-0.39, 0.29) is 0 Å². The molecule has 2 aliphatic rings. The first-order valence-electron chi connectivity index (χ1n) is 6.07. The van der Waals surface area contributed by atoms with Crippen molar-refractivity contribution in [2.45, 2.75) is 38.5 Å². The summed E-state index contributed by atoms with van der Waals surface area (Å²) in [7, 11) is 3.99. The molecule has 0 spiro atoms. The van der Waals surface area contributed by atoms with Crippen LogP contribution in [0.25, 0.3) is 0 Å². The molecule has 0 amide bonds. The third-order valence-electron chi connectivity index (χ3n) is 3.81. The van der Waals surface area contributed by atoms with Crippen LogP contribution in [0.3, 0.4) is 0 Å². The van der Waals surface area contributed by atoms with Gasteiger partial charge >= 0.3 is 0 Å². The monoisotopic (exact) mass is 207 g/mol. The molecule has 0 bridgehead atoms. The van der Waals surface area contributed by atoms with Crippen LogP contribution in [-0.4, -0.2) is 24.8 Å². The van der Waals surface area contributed by atoms with E-state index in [2.05, 4.69) is 0 Å². The molecular weight excluding hydrogens is 186 g/mol. The molecule has 0 heterocycles. The van der Waals surface area contributed by atoms with E-state index in [0.29, 0.717) is 5.78 Å². The zero-order valence-electron chi connectivity index (χ0n) is 9.83. The van der Waals surface area contributed by atoms with Crippen molar-refractivity contribution in [2.24, 2.45) is 11.8 Å². The van der Waals surface area contributed by atoms with Gasteiger partial charge in [-0.05, 0) is 24.7 Å². The molecular formula is C13H21NO. The standard InChI is InChI=1S/C13H21NO/c1-14(2)9-12-8-11(6-7-13(12)15)10-4-3-5-10/h9-11H,3-8H2,1-2H3/b12-9+. The van der Waals surface area contributed by atoms with E-state index in [1.807, 2.05) is 25.2 Å². The minimum absolute atomic E-state index is 0.374.